The molecule has 0 amide bonds. The average molecular weight is 266 g/mol. The maximum Gasteiger partial charge on any atom is 0.0961 e. The minimum absolute atomic E-state index is 0.228. The molecule has 1 nitrogen and oxygen atoms in total. The summed E-state index contributed by atoms with van der Waals surface area (Å²) in [6.45, 7) is 4.16. The van der Waals surface area contributed by atoms with Gasteiger partial charge in [-0.1, -0.05) is 41.4 Å². The molecule has 0 fully saturated rings. The van der Waals surface area contributed by atoms with Crippen LogP contribution in [0, 0.1) is 13.8 Å². The summed E-state index contributed by atoms with van der Waals surface area (Å²) >= 11 is 7.79. The van der Waals surface area contributed by atoms with Gasteiger partial charge in [-0.15, -0.1) is 11.3 Å². The van der Waals surface area contributed by atoms with Crippen LogP contribution in [0.5, 0.6) is 0 Å². The zero-order valence-corrected chi connectivity index (χ0v) is 11.8. The molecular weight excluding hydrogens is 250 g/mol. The van der Waals surface area contributed by atoms with Crippen molar-refractivity contribution in [2.75, 3.05) is 7.05 Å². The molecule has 17 heavy (non-hydrogen) atoms. The lowest BCUT2D eigenvalue weighted by Crippen LogP contribution is -2.16. The quantitative estimate of drug-likeness (QED) is 0.871. The van der Waals surface area contributed by atoms with Crippen molar-refractivity contribution in [2.24, 2.45) is 0 Å². The normalized spacial score (nSPS) is 12.7. The molecule has 2 aromatic rings. The Balaban J connectivity index is 2.39. The third-order valence-corrected chi connectivity index (χ3v) is 4.44. The monoisotopic (exact) mass is 265 g/mol. The van der Waals surface area contributed by atoms with Crippen molar-refractivity contribution in [1.82, 2.24) is 5.32 Å². The van der Waals surface area contributed by atoms with Gasteiger partial charge < -0.3 is 5.32 Å². The third-order valence-electron chi connectivity index (χ3n) is 2.82. The van der Waals surface area contributed by atoms with Crippen molar-refractivity contribution < 1.29 is 0 Å². The van der Waals surface area contributed by atoms with E-state index in [2.05, 4.69) is 42.6 Å². The van der Waals surface area contributed by atoms with Crippen LogP contribution in [0.25, 0.3) is 0 Å². The van der Waals surface area contributed by atoms with E-state index in [9.17, 15) is 0 Å². The SMILES string of the molecule is CNC(c1cccc(C)c1)c1cc(C)c(Cl)s1. The Bertz CT molecular complexity index is 499. The summed E-state index contributed by atoms with van der Waals surface area (Å²) in [5, 5.41) is 3.35. The number of hydrogen-bond acceptors (Lipinski definition) is 2. The zero-order valence-electron chi connectivity index (χ0n) is 10.3. The Morgan fingerprint density at radius 1 is 1.24 bits per heavy atom. The van der Waals surface area contributed by atoms with E-state index < -0.39 is 0 Å². The van der Waals surface area contributed by atoms with Gasteiger partial charge in [0.25, 0.3) is 0 Å². The van der Waals surface area contributed by atoms with Crippen LogP contribution in [0.4, 0.5) is 0 Å². The van der Waals surface area contributed by atoms with Gasteiger partial charge in [-0.05, 0) is 38.1 Å². The number of benzene rings is 1. The van der Waals surface area contributed by atoms with Gasteiger partial charge in [-0.3, -0.25) is 0 Å². The largest absolute Gasteiger partial charge is 0.309 e. The summed E-state index contributed by atoms with van der Waals surface area (Å²) in [7, 11) is 1.98. The number of hydrogen-bond donors (Lipinski definition) is 1. The first kappa shape index (κ1) is 12.6. The number of rotatable bonds is 3. The number of halogens is 1. The summed E-state index contributed by atoms with van der Waals surface area (Å²) in [5.74, 6) is 0. The highest BCUT2D eigenvalue weighted by Crippen LogP contribution is 2.34. The predicted octanol–water partition coefficient (Wildman–Crippen LogP) is 4.33. The van der Waals surface area contributed by atoms with Gasteiger partial charge in [-0.25, -0.2) is 0 Å². The number of thiophene rings is 1. The van der Waals surface area contributed by atoms with Gasteiger partial charge in [-0.2, -0.15) is 0 Å². The Morgan fingerprint density at radius 2 is 2.00 bits per heavy atom. The van der Waals surface area contributed by atoms with Crippen LogP contribution < -0.4 is 5.32 Å². The second-order valence-corrected chi connectivity index (χ2v) is 5.93. The van der Waals surface area contributed by atoms with E-state index in [1.54, 1.807) is 11.3 Å². The van der Waals surface area contributed by atoms with Crippen LogP contribution in [-0.4, -0.2) is 7.05 Å². The van der Waals surface area contributed by atoms with E-state index in [-0.39, 0.29) is 6.04 Å². The van der Waals surface area contributed by atoms with E-state index >= 15 is 0 Å². The number of nitrogens with one attached hydrogen (secondary N) is 1. The molecule has 3 heteroatoms. The van der Waals surface area contributed by atoms with Gasteiger partial charge in [0.2, 0.25) is 0 Å². The summed E-state index contributed by atoms with van der Waals surface area (Å²) in [6.07, 6.45) is 0. The minimum Gasteiger partial charge on any atom is -0.309 e. The van der Waals surface area contributed by atoms with Crippen LogP contribution in [-0.2, 0) is 0 Å². The maximum atomic E-state index is 6.14. The minimum atomic E-state index is 0.228. The smallest absolute Gasteiger partial charge is 0.0961 e. The van der Waals surface area contributed by atoms with Crippen LogP contribution in [0.1, 0.15) is 27.6 Å². The first-order valence-electron chi connectivity index (χ1n) is 5.61. The molecule has 0 aliphatic rings. The van der Waals surface area contributed by atoms with Gasteiger partial charge in [0.1, 0.15) is 0 Å². The Hall–Kier alpha value is -0.830. The first-order valence-corrected chi connectivity index (χ1v) is 6.81. The highest BCUT2D eigenvalue weighted by Gasteiger charge is 2.15. The van der Waals surface area contributed by atoms with Gasteiger partial charge in [0, 0.05) is 4.88 Å². The van der Waals surface area contributed by atoms with Crippen molar-refractivity contribution >= 4 is 22.9 Å². The van der Waals surface area contributed by atoms with Crippen LogP contribution >= 0.6 is 22.9 Å². The van der Waals surface area contributed by atoms with Gasteiger partial charge in [0.15, 0.2) is 0 Å². The molecule has 0 aliphatic heterocycles. The Morgan fingerprint density at radius 3 is 2.53 bits per heavy atom. The van der Waals surface area contributed by atoms with Crippen molar-refractivity contribution in [2.45, 2.75) is 19.9 Å². The third kappa shape index (κ3) is 2.71. The fourth-order valence-electron chi connectivity index (χ4n) is 1.95. The molecule has 0 aliphatic carbocycles. The molecular formula is C14H16ClNS. The molecule has 1 aromatic carbocycles. The molecule has 0 spiro atoms. The predicted molar refractivity (Wildman–Crippen MR) is 76.1 cm³/mol. The lowest BCUT2D eigenvalue weighted by molar-refractivity contribution is 0.703. The van der Waals surface area contributed by atoms with E-state index in [0.717, 1.165) is 9.90 Å². The average Bonchev–Trinajstić information content (AvgIpc) is 2.60. The molecule has 2 rings (SSSR count). The van der Waals surface area contributed by atoms with E-state index in [1.807, 2.05) is 14.0 Å². The zero-order chi connectivity index (χ0) is 12.4. The fraction of sp³-hybridized carbons (Fsp3) is 0.286. The van der Waals surface area contributed by atoms with Gasteiger partial charge in [0.05, 0.1) is 10.4 Å². The summed E-state index contributed by atoms with van der Waals surface area (Å²) in [6, 6.07) is 11.0. The van der Waals surface area contributed by atoms with Crippen LogP contribution in [0.15, 0.2) is 30.3 Å². The molecule has 90 valence electrons. The van der Waals surface area contributed by atoms with E-state index in [1.165, 1.54) is 16.0 Å². The second kappa shape index (κ2) is 5.21. The van der Waals surface area contributed by atoms with Crippen molar-refractivity contribution in [3.63, 3.8) is 0 Å². The van der Waals surface area contributed by atoms with Crippen LogP contribution in [0.2, 0.25) is 4.34 Å². The molecule has 0 bridgehead atoms. The molecule has 1 N–H and O–H groups in total. The van der Waals surface area contributed by atoms with E-state index in [4.69, 9.17) is 11.6 Å². The molecule has 1 unspecified atom stereocenters. The highest BCUT2D eigenvalue weighted by molar-refractivity contribution is 7.16. The Labute approximate surface area is 111 Å². The maximum absolute atomic E-state index is 6.14. The molecule has 0 saturated carbocycles. The summed E-state index contributed by atoms with van der Waals surface area (Å²) in [5.41, 5.74) is 3.71. The van der Waals surface area contributed by atoms with Crippen molar-refractivity contribution in [3.8, 4) is 0 Å². The molecule has 0 radical (unpaired) electrons. The summed E-state index contributed by atoms with van der Waals surface area (Å²) < 4.78 is 0.882. The van der Waals surface area contributed by atoms with Crippen molar-refractivity contribution in [1.29, 1.82) is 0 Å². The molecule has 1 atom stereocenters. The van der Waals surface area contributed by atoms with Crippen LogP contribution in [0.3, 0.4) is 0 Å². The fourth-order valence-corrected chi connectivity index (χ4v) is 3.30. The summed E-state index contributed by atoms with van der Waals surface area (Å²) in [4.78, 5) is 1.26. The number of aryl methyl sites for hydroxylation is 2. The molecule has 0 saturated heterocycles. The first-order chi connectivity index (χ1) is 8.11. The standard InChI is InChI=1S/C14H16ClNS/c1-9-5-4-6-11(7-9)13(16-3)12-8-10(2)14(15)17-12/h4-8,13,16H,1-3H3. The lowest BCUT2D eigenvalue weighted by atomic mass is 10.0. The Kier molecular flexibility index (Phi) is 3.87. The van der Waals surface area contributed by atoms with E-state index in [0.29, 0.717) is 0 Å². The van der Waals surface area contributed by atoms with Crippen molar-refractivity contribution in [3.05, 3.63) is 56.2 Å². The molecule has 1 heterocycles. The molecule has 1 aromatic heterocycles. The second-order valence-electron chi connectivity index (χ2n) is 4.24. The lowest BCUT2D eigenvalue weighted by Gasteiger charge is -2.15. The van der Waals surface area contributed by atoms with Gasteiger partial charge >= 0.3 is 0 Å². The topological polar surface area (TPSA) is 12.0 Å². The highest BCUT2D eigenvalue weighted by atomic mass is 35.5.